The van der Waals surface area contributed by atoms with Gasteiger partial charge >= 0.3 is 0 Å². The van der Waals surface area contributed by atoms with E-state index >= 15 is 0 Å². The standard InChI is InChI=1S/C28H38N2O3S/c1-2-27(25-17-16-23-13-6-7-14-24(23)20-25)29-28(31)26-15-8-18-30(21-26)34(32,33)19-9-12-22-10-4-3-5-11-22/h3-5,10-11,16-17,20,26-27H,2,6-9,12-15,18-19,21H2,1H3,(H,29,31)/t26-,27-/m1/s1. The molecule has 1 fully saturated rings. The molecule has 0 spiro atoms. The van der Waals surface area contributed by atoms with Gasteiger partial charge in [-0.1, -0.05) is 55.5 Å². The molecule has 6 heteroatoms. The Morgan fingerprint density at radius 1 is 1.06 bits per heavy atom. The molecule has 34 heavy (non-hydrogen) atoms. The summed E-state index contributed by atoms with van der Waals surface area (Å²) in [7, 11) is -3.36. The Morgan fingerprint density at radius 3 is 2.59 bits per heavy atom. The van der Waals surface area contributed by atoms with Crippen molar-refractivity contribution in [1.29, 1.82) is 0 Å². The minimum atomic E-state index is -3.36. The maximum absolute atomic E-state index is 13.2. The third-order valence-electron chi connectivity index (χ3n) is 7.36. The van der Waals surface area contributed by atoms with Crippen molar-refractivity contribution < 1.29 is 13.2 Å². The molecule has 0 aromatic heterocycles. The monoisotopic (exact) mass is 482 g/mol. The van der Waals surface area contributed by atoms with E-state index in [4.69, 9.17) is 0 Å². The lowest BCUT2D eigenvalue weighted by Gasteiger charge is -2.32. The first kappa shape index (κ1) is 24.9. The molecule has 1 aliphatic heterocycles. The van der Waals surface area contributed by atoms with Crippen LogP contribution in [-0.2, 0) is 34.1 Å². The topological polar surface area (TPSA) is 66.5 Å². The van der Waals surface area contributed by atoms with E-state index in [0.29, 0.717) is 19.5 Å². The lowest BCUT2D eigenvalue weighted by atomic mass is 9.88. The number of fused-ring (bicyclic) bond motifs is 1. The van der Waals surface area contributed by atoms with Crippen LogP contribution in [0.5, 0.6) is 0 Å². The van der Waals surface area contributed by atoms with E-state index in [2.05, 4.69) is 30.4 Å². The second kappa shape index (κ2) is 11.5. The van der Waals surface area contributed by atoms with Gasteiger partial charge in [-0.2, -0.15) is 0 Å². The summed E-state index contributed by atoms with van der Waals surface area (Å²) in [6.07, 6.45) is 8.38. The number of rotatable bonds is 9. The summed E-state index contributed by atoms with van der Waals surface area (Å²) in [6, 6.07) is 16.6. The number of hydrogen-bond acceptors (Lipinski definition) is 3. The number of nitrogens with zero attached hydrogens (tertiary/aromatic N) is 1. The number of nitrogens with one attached hydrogen (secondary N) is 1. The molecule has 1 heterocycles. The third kappa shape index (κ3) is 6.28. The number of aryl methyl sites for hydroxylation is 3. The molecule has 4 rings (SSSR count). The van der Waals surface area contributed by atoms with Crippen LogP contribution in [0.2, 0.25) is 0 Å². The number of piperidine rings is 1. The van der Waals surface area contributed by atoms with Crippen molar-refractivity contribution in [3.63, 3.8) is 0 Å². The summed E-state index contributed by atoms with van der Waals surface area (Å²) in [4.78, 5) is 13.2. The summed E-state index contributed by atoms with van der Waals surface area (Å²) in [5.74, 6) is -0.179. The molecular formula is C28H38N2O3S. The Morgan fingerprint density at radius 2 is 1.82 bits per heavy atom. The molecule has 1 saturated heterocycles. The van der Waals surface area contributed by atoms with Crippen molar-refractivity contribution in [2.75, 3.05) is 18.8 Å². The largest absolute Gasteiger partial charge is 0.349 e. The van der Waals surface area contributed by atoms with Gasteiger partial charge in [0.1, 0.15) is 0 Å². The average Bonchev–Trinajstić information content (AvgIpc) is 2.87. The van der Waals surface area contributed by atoms with E-state index in [1.165, 1.54) is 24.0 Å². The zero-order valence-corrected chi connectivity index (χ0v) is 21.2. The molecule has 0 radical (unpaired) electrons. The summed E-state index contributed by atoms with van der Waals surface area (Å²) in [5, 5.41) is 3.24. The second-order valence-electron chi connectivity index (χ2n) is 9.81. The lowest BCUT2D eigenvalue weighted by molar-refractivity contribution is -0.126. The van der Waals surface area contributed by atoms with Crippen molar-refractivity contribution in [1.82, 2.24) is 9.62 Å². The van der Waals surface area contributed by atoms with Crippen molar-refractivity contribution in [2.45, 2.75) is 70.8 Å². The molecular weight excluding hydrogens is 444 g/mol. The number of carbonyl (C=O) groups excluding carboxylic acids is 1. The van der Waals surface area contributed by atoms with Gasteiger partial charge in [-0.05, 0) is 80.0 Å². The van der Waals surface area contributed by atoms with Crippen molar-refractivity contribution in [2.24, 2.45) is 5.92 Å². The molecule has 0 unspecified atom stereocenters. The van der Waals surface area contributed by atoms with Crippen LogP contribution < -0.4 is 5.32 Å². The molecule has 2 aliphatic rings. The number of amides is 1. The van der Waals surface area contributed by atoms with E-state index in [0.717, 1.165) is 49.7 Å². The summed E-state index contributed by atoms with van der Waals surface area (Å²) in [5.41, 5.74) is 5.18. The van der Waals surface area contributed by atoms with Gasteiger partial charge in [0, 0.05) is 13.1 Å². The molecule has 1 amide bonds. The fourth-order valence-corrected chi connectivity index (χ4v) is 6.90. The Bertz CT molecular complexity index is 1070. The van der Waals surface area contributed by atoms with E-state index in [-0.39, 0.29) is 23.6 Å². The van der Waals surface area contributed by atoms with Gasteiger partial charge in [-0.3, -0.25) is 4.79 Å². The maximum atomic E-state index is 13.2. The van der Waals surface area contributed by atoms with Crippen LogP contribution in [0.4, 0.5) is 0 Å². The maximum Gasteiger partial charge on any atom is 0.224 e. The summed E-state index contributed by atoms with van der Waals surface area (Å²) < 4.78 is 27.5. The number of benzene rings is 2. The Labute approximate surface area is 205 Å². The van der Waals surface area contributed by atoms with Crippen LogP contribution in [-0.4, -0.2) is 37.5 Å². The van der Waals surface area contributed by atoms with Gasteiger partial charge in [0.25, 0.3) is 0 Å². The van der Waals surface area contributed by atoms with Gasteiger partial charge in [0.15, 0.2) is 0 Å². The number of hydrogen-bond donors (Lipinski definition) is 1. The summed E-state index contributed by atoms with van der Waals surface area (Å²) in [6.45, 7) is 2.90. The molecule has 0 bridgehead atoms. The molecule has 2 aromatic rings. The van der Waals surface area contributed by atoms with Crippen LogP contribution in [0, 0.1) is 5.92 Å². The van der Waals surface area contributed by atoms with Gasteiger partial charge in [-0.25, -0.2) is 12.7 Å². The average molecular weight is 483 g/mol. The molecule has 2 aromatic carbocycles. The molecule has 2 atom stereocenters. The van der Waals surface area contributed by atoms with E-state index in [1.54, 1.807) is 4.31 Å². The van der Waals surface area contributed by atoms with E-state index in [1.807, 2.05) is 30.3 Å². The predicted octanol–water partition coefficient (Wildman–Crippen LogP) is 4.81. The van der Waals surface area contributed by atoms with Crippen molar-refractivity contribution >= 4 is 15.9 Å². The Hall–Kier alpha value is -2.18. The third-order valence-corrected chi connectivity index (χ3v) is 9.28. The Kier molecular flexibility index (Phi) is 8.43. The molecule has 184 valence electrons. The highest BCUT2D eigenvalue weighted by Crippen LogP contribution is 2.27. The van der Waals surface area contributed by atoms with Crippen molar-refractivity contribution in [3.8, 4) is 0 Å². The summed E-state index contributed by atoms with van der Waals surface area (Å²) >= 11 is 0. The fraction of sp³-hybridized carbons (Fsp3) is 0.536. The normalized spacial score (nSPS) is 19.9. The van der Waals surface area contributed by atoms with E-state index < -0.39 is 10.0 Å². The van der Waals surface area contributed by atoms with Gasteiger partial charge in [0.2, 0.25) is 15.9 Å². The smallest absolute Gasteiger partial charge is 0.224 e. The first-order chi connectivity index (χ1) is 16.5. The molecule has 1 aliphatic carbocycles. The SMILES string of the molecule is CC[C@@H](NC(=O)[C@@H]1CCCN(S(=O)(=O)CCCc2ccccc2)C1)c1ccc2c(c1)CCCC2. The first-order valence-electron chi connectivity index (χ1n) is 12.9. The quantitative estimate of drug-likeness (QED) is 0.558. The number of carbonyl (C=O) groups is 1. The Balaban J connectivity index is 1.34. The molecule has 1 N–H and O–H groups in total. The van der Waals surface area contributed by atoms with Crippen LogP contribution in [0.1, 0.15) is 73.7 Å². The lowest BCUT2D eigenvalue weighted by Crippen LogP contribution is -2.46. The minimum absolute atomic E-state index is 0.0197. The van der Waals surface area contributed by atoms with Crippen LogP contribution in [0.25, 0.3) is 0 Å². The zero-order chi connectivity index (χ0) is 24.0. The van der Waals surface area contributed by atoms with Crippen LogP contribution >= 0.6 is 0 Å². The highest BCUT2D eigenvalue weighted by atomic mass is 32.2. The van der Waals surface area contributed by atoms with Crippen LogP contribution in [0.15, 0.2) is 48.5 Å². The fourth-order valence-electron chi connectivity index (χ4n) is 5.32. The van der Waals surface area contributed by atoms with Gasteiger partial charge in [0.05, 0.1) is 17.7 Å². The predicted molar refractivity (Wildman–Crippen MR) is 137 cm³/mol. The van der Waals surface area contributed by atoms with Gasteiger partial charge < -0.3 is 5.32 Å². The van der Waals surface area contributed by atoms with E-state index in [9.17, 15) is 13.2 Å². The molecule has 0 saturated carbocycles. The van der Waals surface area contributed by atoms with Crippen LogP contribution in [0.3, 0.4) is 0 Å². The first-order valence-corrected chi connectivity index (χ1v) is 14.5. The molecule has 5 nitrogen and oxygen atoms in total. The van der Waals surface area contributed by atoms with Gasteiger partial charge in [-0.15, -0.1) is 0 Å². The highest BCUT2D eigenvalue weighted by molar-refractivity contribution is 7.89. The zero-order valence-electron chi connectivity index (χ0n) is 20.3. The number of sulfonamides is 1. The van der Waals surface area contributed by atoms with Crippen molar-refractivity contribution in [3.05, 3.63) is 70.8 Å². The minimum Gasteiger partial charge on any atom is -0.349 e. The second-order valence-corrected chi connectivity index (χ2v) is 11.9. The highest BCUT2D eigenvalue weighted by Gasteiger charge is 2.32.